The van der Waals surface area contributed by atoms with E-state index >= 15 is 0 Å². The number of thioether (sulfide) groups is 1. The molecule has 2 aromatic carbocycles. The van der Waals surface area contributed by atoms with Crippen LogP contribution in [0.15, 0.2) is 47.4 Å². The first kappa shape index (κ1) is 29.5. The van der Waals surface area contributed by atoms with Crippen molar-refractivity contribution in [3.63, 3.8) is 0 Å². The highest BCUT2D eigenvalue weighted by molar-refractivity contribution is 7.98. The number of carboxylic acid groups (broad SMARTS) is 1. The predicted octanol–water partition coefficient (Wildman–Crippen LogP) is 4.11. The molecule has 12 heteroatoms. The standard InChI is InChI=1S/C26H26Cl2FN3O5S/c1-38-20-8-4-15(22(27)23(20)28)5-9-21(33)32-12-10-17(11-13-32)25(35)31-19(26(36)37)14-30-24(34)16-2-6-18(29)7-3-16/h2-9,17,19H,10-14H2,1H3,(H,30,34)(H,31,35)(H,36,37)/b9-5+/t19-/m0/s1. The van der Waals surface area contributed by atoms with Crippen LogP contribution in [0, 0.1) is 11.7 Å². The highest BCUT2D eigenvalue weighted by Gasteiger charge is 2.30. The molecule has 1 heterocycles. The molecule has 1 fully saturated rings. The van der Waals surface area contributed by atoms with Gasteiger partial charge in [0, 0.05) is 42.1 Å². The van der Waals surface area contributed by atoms with Gasteiger partial charge in [0.25, 0.3) is 5.91 Å². The van der Waals surface area contributed by atoms with Gasteiger partial charge in [-0.25, -0.2) is 9.18 Å². The van der Waals surface area contributed by atoms with Gasteiger partial charge >= 0.3 is 5.97 Å². The van der Waals surface area contributed by atoms with Crippen molar-refractivity contribution in [1.82, 2.24) is 15.5 Å². The molecular formula is C26H26Cl2FN3O5S. The largest absolute Gasteiger partial charge is 0.480 e. The molecule has 0 aliphatic carbocycles. The smallest absolute Gasteiger partial charge is 0.328 e. The number of hydrogen-bond donors (Lipinski definition) is 3. The Morgan fingerprint density at radius 2 is 1.76 bits per heavy atom. The number of carbonyl (C=O) groups excluding carboxylic acids is 3. The second kappa shape index (κ2) is 13.6. The van der Waals surface area contributed by atoms with Crippen LogP contribution in [-0.4, -0.2) is 65.6 Å². The molecule has 1 atom stereocenters. The normalized spacial score (nSPS) is 14.8. The molecular weight excluding hydrogens is 556 g/mol. The number of halogens is 3. The van der Waals surface area contributed by atoms with Crippen molar-refractivity contribution in [2.75, 3.05) is 25.9 Å². The number of amides is 3. The Morgan fingerprint density at radius 3 is 2.37 bits per heavy atom. The Bertz CT molecular complexity index is 1230. The number of carbonyl (C=O) groups is 4. The van der Waals surface area contributed by atoms with Crippen molar-refractivity contribution < 1.29 is 28.7 Å². The van der Waals surface area contributed by atoms with E-state index in [-0.39, 0.29) is 18.0 Å². The van der Waals surface area contributed by atoms with Gasteiger partial charge in [0.1, 0.15) is 11.9 Å². The third-order valence-corrected chi connectivity index (χ3v) is 7.86. The summed E-state index contributed by atoms with van der Waals surface area (Å²) in [6, 6.07) is 7.04. The van der Waals surface area contributed by atoms with Crippen LogP contribution in [0.4, 0.5) is 4.39 Å². The molecule has 8 nitrogen and oxygen atoms in total. The van der Waals surface area contributed by atoms with Crippen LogP contribution >= 0.6 is 35.0 Å². The first-order valence-corrected chi connectivity index (χ1v) is 13.6. The molecule has 0 bridgehead atoms. The van der Waals surface area contributed by atoms with Crippen LogP contribution in [-0.2, 0) is 14.4 Å². The number of nitrogens with one attached hydrogen (secondary N) is 2. The van der Waals surface area contributed by atoms with E-state index in [9.17, 15) is 28.7 Å². The fourth-order valence-corrected chi connectivity index (χ4v) is 5.02. The van der Waals surface area contributed by atoms with E-state index in [0.29, 0.717) is 41.5 Å². The van der Waals surface area contributed by atoms with E-state index in [1.165, 1.54) is 30.0 Å². The van der Waals surface area contributed by atoms with E-state index in [0.717, 1.165) is 17.0 Å². The molecule has 38 heavy (non-hydrogen) atoms. The average Bonchev–Trinajstić information content (AvgIpc) is 2.91. The minimum Gasteiger partial charge on any atom is -0.480 e. The molecule has 3 rings (SSSR count). The van der Waals surface area contributed by atoms with Gasteiger partial charge in [-0.1, -0.05) is 29.3 Å². The maximum absolute atomic E-state index is 13.0. The van der Waals surface area contributed by atoms with Crippen LogP contribution in [0.2, 0.25) is 10.0 Å². The summed E-state index contributed by atoms with van der Waals surface area (Å²) < 4.78 is 13.0. The van der Waals surface area contributed by atoms with E-state index in [1.807, 2.05) is 12.3 Å². The minimum atomic E-state index is -1.34. The number of carboxylic acids is 1. The molecule has 3 amide bonds. The fourth-order valence-electron chi connectivity index (χ4n) is 3.85. The lowest BCUT2D eigenvalue weighted by atomic mass is 9.95. The van der Waals surface area contributed by atoms with Crippen molar-refractivity contribution in [2.24, 2.45) is 5.92 Å². The zero-order valence-electron chi connectivity index (χ0n) is 20.4. The molecule has 1 saturated heterocycles. The molecule has 0 unspecified atom stereocenters. The van der Waals surface area contributed by atoms with Crippen molar-refractivity contribution in [1.29, 1.82) is 0 Å². The third-order valence-electron chi connectivity index (χ3n) is 6.07. The maximum Gasteiger partial charge on any atom is 0.328 e. The van der Waals surface area contributed by atoms with Crippen molar-refractivity contribution in [3.05, 3.63) is 69.5 Å². The van der Waals surface area contributed by atoms with E-state index < -0.39 is 35.6 Å². The van der Waals surface area contributed by atoms with Gasteiger partial charge in [0.15, 0.2) is 0 Å². The molecule has 0 aromatic heterocycles. The summed E-state index contributed by atoms with van der Waals surface area (Å²) in [4.78, 5) is 51.6. The maximum atomic E-state index is 13.0. The van der Waals surface area contributed by atoms with Crippen LogP contribution in [0.3, 0.4) is 0 Å². The van der Waals surface area contributed by atoms with Gasteiger partial charge < -0.3 is 20.6 Å². The molecule has 1 aliphatic rings. The molecule has 2 aromatic rings. The predicted molar refractivity (Wildman–Crippen MR) is 145 cm³/mol. The molecule has 0 spiro atoms. The van der Waals surface area contributed by atoms with Crippen LogP contribution in [0.25, 0.3) is 6.08 Å². The van der Waals surface area contributed by atoms with Crippen LogP contribution in [0.1, 0.15) is 28.8 Å². The fraction of sp³-hybridized carbons (Fsp3) is 0.308. The Hall–Kier alpha value is -3.08. The SMILES string of the molecule is CSc1ccc(/C=C/C(=O)N2CCC(C(=O)N[C@@H](CNC(=O)c3ccc(F)cc3)C(=O)O)CC2)c(Cl)c1Cl. The molecule has 1 aliphatic heterocycles. The van der Waals surface area contributed by atoms with Gasteiger partial charge in [-0.2, -0.15) is 0 Å². The number of nitrogens with zero attached hydrogens (tertiary/aromatic N) is 1. The lowest BCUT2D eigenvalue weighted by Gasteiger charge is -2.31. The van der Waals surface area contributed by atoms with Crippen LogP contribution in [0.5, 0.6) is 0 Å². The summed E-state index contributed by atoms with van der Waals surface area (Å²) >= 11 is 14.0. The van der Waals surface area contributed by atoms with E-state index in [1.54, 1.807) is 17.0 Å². The molecule has 0 radical (unpaired) electrons. The number of hydrogen-bond acceptors (Lipinski definition) is 5. The second-order valence-electron chi connectivity index (χ2n) is 8.53. The lowest BCUT2D eigenvalue weighted by molar-refractivity contribution is -0.142. The first-order chi connectivity index (χ1) is 18.1. The Kier molecular flexibility index (Phi) is 10.6. The summed E-state index contributed by atoms with van der Waals surface area (Å²) in [6.45, 7) is 0.296. The number of rotatable bonds is 9. The second-order valence-corrected chi connectivity index (χ2v) is 10.1. The summed E-state index contributed by atoms with van der Waals surface area (Å²) in [6.07, 6.45) is 5.60. The molecule has 202 valence electrons. The van der Waals surface area contributed by atoms with Gasteiger partial charge in [-0.05, 0) is 61.1 Å². The van der Waals surface area contributed by atoms with Crippen molar-refractivity contribution in [2.45, 2.75) is 23.8 Å². The van der Waals surface area contributed by atoms with Crippen LogP contribution < -0.4 is 10.6 Å². The van der Waals surface area contributed by atoms with E-state index in [4.69, 9.17) is 23.2 Å². The summed E-state index contributed by atoms with van der Waals surface area (Å²) in [5, 5.41) is 15.2. The zero-order valence-corrected chi connectivity index (χ0v) is 22.7. The van der Waals surface area contributed by atoms with E-state index in [2.05, 4.69) is 10.6 Å². The molecule has 0 saturated carbocycles. The monoisotopic (exact) mass is 581 g/mol. The lowest BCUT2D eigenvalue weighted by Crippen LogP contribution is -2.51. The Morgan fingerprint density at radius 1 is 1.11 bits per heavy atom. The van der Waals surface area contributed by atoms with Crippen molar-refractivity contribution in [3.8, 4) is 0 Å². The Balaban J connectivity index is 1.50. The highest BCUT2D eigenvalue weighted by atomic mass is 35.5. The number of piperidine rings is 1. The Labute approximate surface area is 233 Å². The molecule has 3 N–H and O–H groups in total. The minimum absolute atomic E-state index is 0.162. The quantitative estimate of drug-likeness (QED) is 0.303. The number of likely N-dealkylation sites (tertiary alicyclic amines) is 1. The average molecular weight is 582 g/mol. The van der Waals surface area contributed by atoms with Gasteiger partial charge in [-0.3, -0.25) is 14.4 Å². The third kappa shape index (κ3) is 7.72. The summed E-state index contributed by atoms with van der Waals surface area (Å²) in [5.74, 6) is -3.58. The van der Waals surface area contributed by atoms with Gasteiger partial charge in [-0.15, -0.1) is 11.8 Å². The van der Waals surface area contributed by atoms with Gasteiger partial charge in [0.2, 0.25) is 11.8 Å². The zero-order chi connectivity index (χ0) is 27.8. The summed E-state index contributed by atoms with van der Waals surface area (Å²) in [7, 11) is 0. The summed E-state index contributed by atoms with van der Waals surface area (Å²) in [5.41, 5.74) is 0.776. The first-order valence-electron chi connectivity index (χ1n) is 11.7. The number of aliphatic carboxylic acids is 1. The highest BCUT2D eigenvalue weighted by Crippen LogP contribution is 2.35. The topological polar surface area (TPSA) is 116 Å². The number of benzene rings is 2. The van der Waals surface area contributed by atoms with Crippen molar-refractivity contribution >= 4 is 64.7 Å². The van der Waals surface area contributed by atoms with Gasteiger partial charge in [0.05, 0.1) is 10.0 Å².